The number of halogens is 1. The summed E-state index contributed by atoms with van der Waals surface area (Å²) in [6, 6.07) is 20.7. The minimum atomic E-state index is -0.412. The third-order valence-electron chi connectivity index (χ3n) is 6.64. The van der Waals surface area contributed by atoms with Gasteiger partial charge in [0.25, 0.3) is 0 Å². The molecule has 2 N–H and O–H groups in total. The lowest BCUT2D eigenvalue weighted by Gasteiger charge is -2.29. The van der Waals surface area contributed by atoms with Gasteiger partial charge in [0.1, 0.15) is 5.82 Å². The molecular weight excluding hydrogens is 443 g/mol. The van der Waals surface area contributed by atoms with Gasteiger partial charge in [-0.25, -0.2) is 9.07 Å². The summed E-state index contributed by atoms with van der Waals surface area (Å²) in [5.41, 5.74) is 2.34. The van der Waals surface area contributed by atoms with E-state index in [1.807, 2.05) is 18.3 Å². The summed E-state index contributed by atoms with van der Waals surface area (Å²) in [7, 11) is 0. The number of fused-ring (bicyclic) bond motifs is 1. The molecule has 0 spiro atoms. The van der Waals surface area contributed by atoms with Gasteiger partial charge in [-0.3, -0.25) is 9.59 Å². The summed E-state index contributed by atoms with van der Waals surface area (Å²) in [6.07, 6.45) is 6.29. The van der Waals surface area contributed by atoms with E-state index in [0.29, 0.717) is 32.2 Å². The van der Waals surface area contributed by atoms with Crippen molar-refractivity contribution >= 4 is 22.6 Å². The normalized spacial score (nSPS) is 17.5. The van der Waals surface area contributed by atoms with E-state index in [-0.39, 0.29) is 17.6 Å². The van der Waals surface area contributed by atoms with Crippen molar-refractivity contribution in [3.63, 3.8) is 0 Å². The Bertz CT molecular complexity index is 1360. The maximum Gasteiger partial charge on any atom is 0.220 e. The molecule has 2 heterocycles. The van der Waals surface area contributed by atoms with E-state index in [0.717, 1.165) is 23.2 Å². The molecule has 0 aliphatic carbocycles. The molecule has 0 saturated carbocycles. The van der Waals surface area contributed by atoms with Gasteiger partial charge in [0.05, 0.1) is 11.9 Å². The second-order valence-corrected chi connectivity index (χ2v) is 9.23. The van der Waals surface area contributed by atoms with Crippen LogP contribution < -0.4 is 10.6 Å². The average Bonchev–Trinajstić information content (AvgIpc) is 3.49. The highest BCUT2D eigenvalue weighted by molar-refractivity contribution is 5.83. The number of hydrogen-bond acceptors (Lipinski definition) is 3. The number of carbonyl (C=O) groups is 2. The van der Waals surface area contributed by atoms with Gasteiger partial charge in [0.2, 0.25) is 11.8 Å². The maximum atomic E-state index is 13.1. The lowest BCUT2D eigenvalue weighted by atomic mass is 9.84. The van der Waals surface area contributed by atoms with Gasteiger partial charge in [-0.2, -0.15) is 5.10 Å². The number of nitrogens with zero attached hydrogens (tertiary/aromatic N) is 2. The molecule has 2 amide bonds. The summed E-state index contributed by atoms with van der Waals surface area (Å²) in [4.78, 5) is 24.8. The van der Waals surface area contributed by atoms with Gasteiger partial charge in [-0.05, 0) is 59.9 Å². The third-order valence-corrected chi connectivity index (χ3v) is 6.64. The molecule has 7 heteroatoms. The fraction of sp³-hybridized carbons (Fsp3) is 0.250. The Labute approximate surface area is 203 Å². The number of hydrogen-bond donors (Lipinski definition) is 2. The van der Waals surface area contributed by atoms with Crippen LogP contribution in [0.5, 0.6) is 0 Å². The smallest absolute Gasteiger partial charge is 0.220 e. The molecule has 178 valence electrons. The monoisotopic (exact) mass is 470 g/mol. The van der Waals surface area contributed by atoms with E-state index < -0.39 is 5.54 Å². The highest BCUT2D eigenvalue weighted by Gasteiger charge is 2.37. The Morgan fingerprint density at radius 1 is 1.06 bits per heavy atom. The van der Waals surface area contributed by atoms with Gasteiger partial charge in [0, 0.05) is 36.7 Å². The SMILES string of the molecule is O=C(CC[C@]1(Cc2ccc3ccccc3c2)CCC(=O)N1)NCc1cnn(-c2ccc(F)cc2)c1. The number of benzene rings is 3. The highest BCUT2D eigenvalue weighted by atomic mass is 19.1. The fourth-order valence-corrected chi connectivity index (χ4v) is 4.75. The van der Waals surface area contributed by atoms with Crippen molar-refractivity contribution in [2.24, 2.45) is 0 Å². The van der Waals surface area contributed by atoms with E-state index in [9.17, 15) is 14.0 Å². The zero-order valence-corrected chi connectivity index (χ0v) is 19.3. The van der Waals surface area contributed by atoms with Crippen LogP contribution in [-0.2, 0) is 22.6 Å². The van der Waals surface area contributed by atoms with E-state index in [1.165, 1.54) is 22.9 Å². The molecule has 1 aromatic heterocycles. The predicted octanol–water partition coefficient (Wildman–Crippen LogP) is 4.45. The first-order chi connectivity index (χ1) is 17.0. The van der Waals surface area contributed by atoms with Gasteiger partial charge in [0.15, 0.2) is 0 Å². The van der Waals surface area contributed by atoms with Crippen LogP contribution in [0.4, 0.5) is 4.39 Å². The first-order valence-electron chi connectivity index (χ1n) is 11.8. The predicted molar refractivity (Wildman–Crippen MR) is 132 cm³/mol. The summed E-state index contributed by atoms with van der Waals surface area (Å²) in [5.74, 6) is -0.330. The summed E-state index contributed by atoms with van der Waals surface area (Å²) >= 11 is 0. The van der Waals surface area contributed by atoms with E-state index >= 15 is 0 Å². The summed E-state index contributed by atoms with van der Waals surface area (Å²) in [5, 5.41) is 12.7. The Morgan fingerprint density at radius 3 is 2.63 bits per heavy atom. The standard InChI is InChI=1S/C28H27FN4O2/c29-24-7-9-25(10-8-24)33-19-21(18-31-33)17-30-26(34)11-13-28(14-12-27(35)32-28)16-20-5-6-22-3-1-2-4-23(22)15-20/h1-10,15,18-19H,11-14,16-17H2,(H,30,34)(H,32,35)/t28-/m1/s1. The van der Waals surface area contributed by atoms with Crippen LogP contribution in [0.15, 0.2) is 79.1 Å². The second-order valence-electron chi connectivity index (χ2n) is 9.23. The molecule has 1 fully saturated rings. The van der Waals surface area contributed by atoms with Gasteiger partial charge < -0.3 is 10.6 Å². The van der Waals surface area contributed by atoms with Crippen molar-refractivity contribution in [3.05, 3.63) is 96.1 Å². The third kappa shape index (κ3) is 5.40. The molecule has 0 bridgehead atoms. The minimum Gasteiger partial charge on any atom is -0.352 e. The van der Waals surface area contributed by atoms with Crippen molar-refractivity contribution in [3.8, 4) is 5.69 Å². The van der Waals surface area contributed by atoms with E-state index in [1.54, 1.807) is 23.0 Å². The van der Waals surface area contributed by atoms with Crippen LogP contribution in [0.25, 0.3) is 16.5 Å². The van der Waals surface area contributed by atoms with Crippen LogP contribution in [0, 0.1) is 5.82 Å². The molecule has 1 aliphatic heterocycles. The summed E-state index contributed by atoms with van der Waals surface area (Å²) in [6.45, 7) is 0.351. The maximum absolute atomic E-state index is 13.1. The van der Waals surface area contributed by atoms with Gasteiger partial charge in [-0.1, -0.05) is 42.5 Å². The topological polar surface area (TPSA) is 76.0 Å². The van der Waals surface area contributed by atoms with Crippen molar-refractivity contribution in [1.82, 2.24) is 20.4 Å². The lowest BCUT2D eigenvalue weighted by Crippen LogP contribution is -2.44. The number of amides is 2. The van der Waals surface area contributed by atoms with Crippen LogP contribution in [0.2, 0.25) is 0 Å². The molecule has 1 aliphatic rings. The van der Waals surface area contributed by atoms with Crippen molar-refractivity contribution in [1.29, 1.82) is 0 Å². The Hall–Kier alpha value is -4.00. The first kappa shape index (κ1) is 22.8. The molecule has 3 aromatic carbocycles. The molecule has 0 radical (unpaired) electrons. The van der Waals surface area contributed by atoms with Gasteiger partial charge >= 0.3 is 0 Å². The molecule has 35 heavy (non-hydrogen) atoms. The molecule has 0 unspecified atom stereocenters. The molecule has 1 saturated heterocycles. The Morgan fingerprint density at radius 2 is 1.86 bits per heavy atom. The Balaban J connectivity index is 1.19. The molecule has 6 nitrogen and oxygen atoms in total. The van der Waals surface area contributed by atoms with E-state index in [2.05, 4.69) is 46.1 Å². The lowest BCUT2D eigenvalue weighted by molar-refractivity contribution is -0.122. The largest absolute Gasteiger partial charge is 0.352 e. The number of nitrogens with one attached hydrogen (secondary N) is 2. The second kappa shape index (κ2) is 9.70. The van der Waals surface area contributed by atoms with Crippen molar-refractivity contribution in [2.45, 2.75) is 44.2 Å². The van der Waals surface area contributed by atoms with Crippen LogP contribution in [0.3, 0.4) is 0 Å². The first-order valence-corrected chi connectivity index (χ1v) is 11.8. The molecular formula is C28H27FN4O2. The highest BCUT2D eigenvalue weighted by Crippen LogP contribution is 2.30. The average molecular weight is 471 g/mol. The number of rotatable bonds is 8. The quantitative estimate of drug-likeness (QED) is 0.399. The summed E-state index contributed by atoms with van der Waals surface area (Å²) < 4.78 is 14.8. The fourth-order valence-electron chi connectivity index (χ4n) is 4.75. The minimum absolute atomic E-state index is 0.0411. The zero-order valence-electron chi connectivity index (χ0n) is 19.3. The zero-order chi connectivity index (χ0) is 24.3. The van der Waals surface area contributed by atoms with Crippen LogP contribution in [-0.4, -0.2) is 27.1 Å². The van der Waals surface area contributed by atoms with E-state index in [4.69, 9.17) is 0 Å². The van der Waals surface area contributed by atoms with Gasteiger partial charge in [-0.15, -0.1) is 0 Å². The number of aromatic nitrogens is 2. The molecule has 4 aromatic rings. The molecule has 5 rings (SSSR count). The van der Waals surface area contributed by atoms with Crippen LogP contribution in [0.1, 0.15) is 36.8 Å². The number of carbonyl (C=O) groups excluding carboxylic acids is 2. The Kier molecular flexibility index (Phi) is 6.31. The van der Waals surface area contributed by atoms with Crippen LogP contribution >= 0.6 is 0 Å². The van der Waals surface area contributed by atoms with Crippen molar-refractivity contribution < 1.29 is 14.0 Å². The van der Waals surface area contributed by atoms with Crippen molar-refractivity contribution in [2.75, 3.05) is 0 Å². The molecule has 1 atom stereocenters.